The van der Waals surface area contributed by atoms with E-state index < -0.39 is 12.1 Å². The van der Waals surface area contributed by atoms with E-state index in [4.69, 9.17) is 14.6 Å². The van der Waals surface area contributed by atoms with E-state index in [1.54, 1.807) is 7.11 Å². The summed E-state index contributed by atoms with van der Waals surface area (Å²) >= 11 is 0. The van der Waals surface area contributed by atoms with Crippen molar-refractivity contribution in [2.24, 2.45) is 0 Å². The topological polar surface area (TPSA) is 55.8 Å². The van der Waals surface area contributed by atoms with Crippen molar-refractivity contribution in [2.45, 2.75) is 32.3 Å². The fourth-order valence-electron chi connectivity index (χ4n) is 0.941. The van der Waals surface area contributed by atoms with Crippen molar-refractivity contribution in [3.8, 4) is 0 Å². The van der Waals surface area contributed by atoms with Crippen LogP contribution in [0.25, 0.3) is 0 Å². The Morgan fingerprint density at radius 2 is 2.15 bits per heavy atom. The SMILES string of the molecule is CCCCC(OCCOC)C(=O)O. The maximum absolute atomic E-state index is 10.6. The molecule has 0 bridgehead atoms. The lowest BCUT2D eigenvalue weighted by Gasteiger charge is -2.12. The van der Waals surface area contributed by atoms with E-state index in [2.05, 4.69) is 0 Å². The van der Waals surface area contributed by atoms with Crippen molar-refractivity contribution in [1.29, 1.82) is 0 Å². The van der Waals surface area contributed by atoms with Gasteiger partial charge in [-0.1, -0.05) is 19.8 Å². The fraction of sp³-hybridized carbons (Fsp3) is 0.889. The molecule has 0 aromatic heterocycles. The third-order valence-electron chi connectivity index (χ3n) is 1.70. The Morgan fingerprint density at radius 3 is 2.62 bits per heavy atom. The van der Waals surface area contributed by atoms with Crippen molar-refractivity contribution in [3.05, 3.63) is 0 Å². The van der Waals surface area contributed by atoms with E-state index in [1.807, 2.05) is 6.92 Å². The van der Waals surface area contributed by atoms with Gasteiger partial charge in [-0.15, -0.1) is 0 Å². The number of unbranched alkanes of at least 4 members (excludes halogenated alkanes) is 1. The fourth-order valence-corrected chi connectivity index (χ4v) is 0.941. The number of hydrogen-bond donors (Lipinski definition) is 1. The molecule has 0 aliphatic heterocycles. The van der Waals surface area contributed by atoms with Gasteiger partial charge in [-0.05, 0) is 6.42 Å². The molecular weight excluding hydrogens is 172 g/mol. The molecule has 0 fully saturated rings. The Morgan fingerprint density at radius 1 is 1.46 bits per heavy atom. The van der Waals surface area contributed by atoms with E-state index in [-0.39, 0.29) is 0 Å². The van der Waals surface area contributed by atoms with Crippen LogP contribution in [-0.2, 0) is 14.3 Å². The highest BCUT2D eigenvalue weighted by molar-refractivity contribution is 5.72. The first-order valence-electron chi connectivity index (χ1n) is 4.55. The normalized spacial score (nSPS) is 12.8. The van der Waals surface area contributed by atoms with Gasteiger partial charge in [0, 0.05) is 7.11 Å². The highest BCUT2D eigenvalue weighted by atomic mass is 16.5. The van der Waals surface area contributed by atoms with Crippen LogP contribution in [0, 0.1) is 0 Å². The summed E-state index contributed by atoms with van der Waals surface area (Å²) in [6.07, 6.45) is 1.77. The summed E-state index contributed by atoms with van der Waals surface area (Å²) in [7, 11) is 1.56. The van der Waals surface area contributed by atoms with Crippen molar-refractivity contribution in [1.82, 2.24) is 0 Å². The average molecular weight is 190 g/mol. The van der Waals surface area contributed by atoms with Crippen LogP contribution >= 0.6 is 0 Å². The second-order valence-corrected chi connectivity index (χ2v) is 2.83. The molecule has 1 atom stereocenters. The van der Waals surface area contributed by atoms with Crippen LogP contribution in [0.3, 0.4) is 0 Å². The quantitative estimate of drug-likeness (QED) is 0.586. The third-order valence-corrected chi connectivity index (χ3v) is 1.70. The van der Waals surface area contributed by atoms with Crippen molar-refractivity contribution in [2.75, 3.05) is 20.3 Å². The number of rotatable bonds is 8. The summed E-state index contributed by atoms with van der Waals surface area (Å²) in [4.78, 5) is 10.6. The number of methoxy groups -OCH3 is 1. The minimum absolute atomic E-state index is 0.344. The molecule has 0 amide bonds. The Kier molecular flexibility index (Phi) is 7.63. The Balaban J connectivity index is 3.61. The molecule has 0 saturated heterocycles. The molecule has 1 unspecified atom stereocenters. The van der Waals surface area contributed by atoms with Crippen LogP contribution in [0.2, 0.25) is 0 Å². The van der Waals surface area contributed by atoms with Gasteiger partial charge in [0.2, 0.25) is 0 Å². The van der Waals surface area contributed by atoms with Crippen LogP contribution in [0.5, 0.6) is 0 Å². The molecular formula is C9H18O4. The lowest BCUT2D eigenvalue weighted by Crippen LogP contribution is -2.25. The van der Waals surface area contributed by atoms with Crippen LogP contribution < -0.4 is 0 Å². The molecule has 0 aliphatic rings. The van der Waals surface area contributed by atoms with Crippen LogP contribution in [-0.4, -0.2) is 37.5 Å². The van der Waals surface area contributed by atoms with Crippen LogP contribution in [0.15, 0.2) is 0 Å². The number of ether oxygens (including phenoxy) is 2. The molecule has 0 aliphatic carbocycles. The number of carbonyl (C=O) groups is 1. The first kappa shape index (κ1) is 12.4. The molecule has 0 radical (unpaired) electrons. The summed E-state index contributed by atoms with van der Waals surface area (Å²) < 4.78 is 9.88. The van der Waals surface area contributed by atoms with Crippen molar-refractivity contribution in [3.63, 3.8) is 0 Å². The second-order valence-electron chi connectivity index (χ2n) is 2.83. The molecule has 1 N–H and O–H groups in total. The summed E-state index contributed by atoms with van der Waals surface area (Å²) in [6.45, 7) is 2.81. The predicted octanol–water partition coefficient (Wildman–Crippen LogP) is 1.29. The molecule has 0 aromatic rings. The summed E-state index contributed by atoms with van der Waals surface area (Å²) in [5.74, 6) is -0.885. The molecule has 0 saturated carbocycles. The van der Waals surface area contributed by atoms with E-state index in [9.17, 15) is 4.79 Å². The summed E-state index contributed by atoms with van der Waals surface area (Å²) in [6, 6.07) is 0. The molecule has 0 spiro atoms. The van der Waals surface area contributed by atoms with Crippen LogP contribution in [0.1, 0.15) is 26.2 Å². The maximum Gasteiger partial charge on any atom is 0.332 e. The highest BCUT2D eigenvalue weighted by Crippen LogP contribution is 2.04. The van der Waals surface area contributed by atoms with Gasteiger partial charge >= 0.3 is 5.97 Å². The zero-order valence-corrected chi connectivity index (χ0v) is 8.28. The van der Waals surface area contributed by atoms with Gasteiger partial charge in [-0.3, -0.25) is 0 Å². The van der Waals surface area contributed by atoms with E-state index in [0.717, 1.165) is 12.8 Å². The number of hydrogen-bond acceptors (Lipinski definition) is 3. The largest absolute Gasteiger partial charge is 0.479 e. The molecule has 0 heterocycles. The monoisotopic (exact) mass is 190 g/mol. The average Bonchev–Trinajstić information content (AvgIpc) is 2.10. The second kappa shape index (κ2) is 8.01. The molecule has 0 rings (SSSR count). The maximum atomic E-state index is 10.6. The summed E-state index contributed by atoms with van der Waals surface area (Å²) in [5.41, 5.74) is 0. The summed E-state index contributed by atoms with van der Waals surface area (Å²) in [5, 5.41) is 8.73. The Hall–Kier alpha value is -0.610. The molecule has 78 valence electrons. The zero-order valence-electron chi connectivity index (χ0n) is 8.28. The zero-order chi connectivity index (χ0) is 10.1. The smallest absolute Gasteiger partial charge is 0.332 e. The lowest BCUT2D eigenvalue weighted by atomic mass is 10.1. The van der Waals surface area contributed by atoms with E-state index >= 15 is 0 Å². The van der Waals surface area contributed by atoms with Gasteiger partial charge in [-0.2, -0.15) is 0 Å². The van der Waals surface area contributed by atoms with Gasteiger partial charge in [-0.25, -0.2) is 4.79 Å². The number of carboxylic acids is 1. The highest BCUT2D eigenvalue weighted by Gasteiger charge is 2.16. The van der Waals surface area contributed by atoms with E-state index in [0.29, 0.717) is 19.6 Å². The van der Waals surface area contributed by atoms with Crippen LogP contribution in [0.4, 0.5) is 0 Å². The number of aliphatic carboxylic acids is 1. The van der Waals surface area contributed by atoms with Gasteiger partial charge < -0.3 is 14.6 Å². The number of carboxylic acid groups (broad SMARTS) is 1. The molecule has 4 heteroatoms. The first-order valence-corrected chi connectivity index (χ1v) is 4.55. The molecule has 4 nitrogen and oxygen atoms in total. The van der Waals surface area contributed by atoms with Crippen molar-refractivity contribution >= 4 is 5.97 Å². The minimum Gasteiger partial charge on any atom is -0.479 e. The van der Waals surface area contributed by atoms with Crippen molar-refractivity contribution < 1.29 is 19.4 Å². The van der Waals surface area contributed by atoms with Gasteiger partial charge in [0.15, 0.2) is 6.10 Å². The Labute approximate surface area is 78.8 Å². The Bertz CT molecular complexity index is 136. The minimum atomic E-state index is -0.885. The predicted molar refractivity (Wildman–Crippen MR) is 48.8 cm³/mol. The first-order chi connectivity index (χ1) is 6.22. The van der Waals surface area contributed by atoms with Gasteiger partial charge in [0.25, 0.3) is 0 Å². The van der Waals surface area contributed by atoms with E-state index in [1.165, 1.54) is 0 Å². The standard InChI is InChI=1S/C9H18O4/c1-3-4-5-8(9(10)11)13-7-6-12-2/h8H,3-7H2,1-2H3,(H,10,11). The van der Waals surface area contributed by atoms with Gasteiger partial charge in [0.1, 0.15) is 0 Å². The molecule has 13 heavy (non-hydrogen) atoms. The lowest BCUT2D eigenvalue weighted by molar-refractivity contribution is -0.151. The third kappa shape index (κ3) is 6.54. The van der Waals surface area contributed by atoms with Gasteiger partial charge in [0.05, 0.1) is 13.2 Å². The molecule has 0 aromatic carbocycles.